The number of fused-ring (bicyclic) bond motifs is 1. The normalized spacial score (nSPS) is 13.4. The van der Waals surface area contributed by atoms with Crippen LogP contribution in [0.25, 0.3) is 0 Å². The van der Waals surface area contributed by atoms with Crippen LogP contribution in [0.15, 0.2) is 54.9 Å². The maximum absolute atomic E-state index is 12.9. The predicted octanol–water partition coefficient (Wildman–Crippen LogP) is 4.54. The van der Waals surface area contributed by atoms with Crippen molar-refractivity contribution in [2.75, 3.05) is 13.2 Å². The molecule has 6 heteroatoms. The van der Waals surface area contributed by atoms with Crippen molar-refractivity contribution in [3.8, 4) is 17.2 Å². The number of carbonyl (C=O) groups is 1. The molecule has 1 N–H and O–H groups in total. The Morgan fingerprint density at radius 3 is 2.55 bits per heavy atom. The highest BCUT2D eigenvalue weighted by Crippen LogP contribution is 2.33. The van der Waals surface area contributed by atoms with Crippen LogP contribution in [0.4, 0.5) is 0 Å². The lowest BCUT2D eigenvalue weighted by Crippen LogP contribution is -2.27. The van der Waals surface area contributed by atoms with Crippen molar-refractivity contribution in [1.82, 2.24) is 10.3 Å². The average molecular weight is 418 g/mol. The van der Waals surface area contributed by atoms with Crippen molar-refractivity contribution < 1.29 is 19.0 Å². The highest BCUT2D eigenvalue weighted by molar-refractivity contribution is 5.95. The lowest BCUT2D eigenvalue weighted by molar-refractivity contribution is 0.0939. The number of hydrogen-bond donors (Lipinski definition) is 1. The Kier molecular flexibility index (Phi) is 6.07. The molecule has 1 aliphatic rings. The van der Waals surface area contributed by atoms with Gasteiger partial charge in [-0.15, -0.1) is 0 Å². The number of carbonyl (C=O) groups excluding carboxylic acids is 1. The van der Waals surface area contributed by atoms with E-state index in [9.17, 15) is 4.79 Å². The minimum atomic E-state index is -0.176. The summed E-state index contributed by atoms with van der Waals surface area (Å²) in [5.74, 6) is 2.11. The molecule has 0 spiro atoms. The summed E-state index contributed by atoms with van der Waals surface area (Å²) >= 11 is 0. The van der Waals surface area contributed by atoms with Crippen LogP contribution in [-0.4, -0.2) is 24.1 Å². The van der Waals surface area contributed by atoms with Gasteiger partial charge in [-0.05, 0) is 67.8 Å². The van der Waals surface area contributed by atoms with Gasteiger partial charge < -0.3 is 19.5 Å². The quantitative estimate of drug-likeness (QED) is 0.636. The maximum atomic E-state index is 12.9. The van der Waals surface area contributed by atoms with Gasteiger partial charge >= 0.3 is 0 Å². The summed E-state index contributed by atoms with van der Waals surface area (Å²) < 4.78 is 17.2. The standard InChI is InChI=1S/C25H26N2O4/c1-16-11-21(12-17(2)24(16)31-15-19-5-4-8-26-14-19)25(28)27-18(3)20-6-7-22-23(13-20)30-10-9-29-22/h4-8,11-14,18H,9-10,15H2,1-3H3,(H,27,28). The number of rotatable bonds is 6. The SMILES string of the molecule is Cc1cc(C(=O)NC(C)c2ccc3c(c2)OCCO3)cc(C)c1OCc1cccnc1. The molecular weight excluding hydrogens is 392 g/mol. The Morgan fingerprint density at radius 1 is 1.10 bits per heavy atom. The van der Waals surface area contributed by atoms with E-state index in [0.717, 1.165) is 33.8 Å². The van der Waals surface area contributed by atoms with E-state index in [1.807, 2.05) is 63.2 Å². The third kappa shape index (κ3) is 4.79. The van der Waals surface area contributed by atoms with E-state index in [2.05, 4.69) is 10.3 Å². The smallest absolute Gasteiger partial charge is 0.251 e. The Hall–Kier alpha value is -3.54. The highest BCUT2D eigenvalue weighted by Gasteiger charge is 2.18. The first-order valence-electron chi connectivity index (χ1n) is 10.3. The van der Waals surface area contributed by atoms with Gasteiger partial charge in [-0.1, -0.05) is 12.1 Å². The lowest BCUT2D eigenvalue weighted by atomic mass is 10.0. The van der Waals surface area contributed by atoms with Gasteiger partial charge in [0.05, 0.1) is 6.04 Å². The molecule has 1 atom stereocenters. The molecule has 4 rings (SSSR count). The van der Waals surface area contributed by atoms with Crippen molar-refractivity contribution in [2.24, 2.45) is 0 Å². The molecule has 2 heterocycles. The summed E-state index contributed by atoms with van der Waals surface area (Å²) in [6, 6.07) is 13.2. The monoisotopic (exact) mass is 418 g/mol. The van der Waals surface area contributed by atoms with Crippen molar-refractivity contribution in [1.29, 1.82) is 0 Å². The van der Waals surface area contributed by atoms with Crippen LogP contribution in [0, 0.1) is 13.8 Å². The molecule has 0 radical (unpaired) electrons. The van der Waals surface area contributed by atoms with Gasteiger partial charge in [0.2, 0.25) is 0 Å². The van der Waals surface area contributed by atoms with E-state index in [1.54, 1.807) is 12.4 Å². The topological polar surface area (TPSA) is 69.7 Å². The number of amides is 1. The number of ether oxygens (including phenoxy) is 3. The van der Waals surface area contributed by atoms with Gasteiger partial charge in [0.15, 0.2) is 11.5 Å². The molecule has 6 nitrogen and oxygen atoms in total. The van der Waals surface area contributed by atoms with Crippen LogP contribution in [0.1, 0.15) is 45.6 Å². The third-order valence-corrected chi connectivity index (χ3v) is 5.24. The fourth-order valence-corrected chi connectivity index (χ4v) is 3.64. The lowest BCUT2D eigenvalue weighted by Gasteiger charge is -2.21. The molecule has 1 amide bonds. The third-order valence-electron chi connectivity index (χ3n) is 5.24. The maximum Gasteiger partial charge on any atom is 0.251 e. The number of aryl methyl sites for hydroxylation is 2. The first kappa shape index (κ1) is 20.7. The molecule has 1 unspecified atom stereocenters. The van der Waals surface area contributed by atoms with Crippen LogP contribution >= 0.6 is 0 Å². The van der Waals surface area contributed by atoms with Gasteiger partial charge in [0, 0.05) is 23.5 Å². The van der Waals surface area contributed by atoms with Gasteiger partial charge in [-0.3, -0.25) is 9.78 Å². The number of aromatic nitrogens is 1. The van der Waals surface area contributed by atoms with Gasteiger partial charge in [0.1, 0.15) is 25.6 Å². The Labute approximate surface area is 182 Å². The van der Waals surface area contributed by atoms with Crippen molar-refractivity contribution >= 4 is 5.91 Å². The van der Waals surface area contributed by atoms with E-state index in [0.29, 0.717) is 31.1 Å². The number of benzene rings is 2. The molecule has 31 heavy (non-hydrogen) atoms. The zero-order chi connectivity index (χ0) is 21.8. The van der Waals surface area contributed by atoms with E-state index in [1.165, 1.54) is 0 Å². The highest BCUT2D eigenvalue weighted by atomic mass is 16.6. The van der Waals surface area contributed by atoms with Crippen molar-refractivity contribution in [3.05, 3.63) is 82.7 Å². The number of nitrogens with zero attached hydrogens (tertiary/aromatic N) is 1. The number of nitrogens with one attached hydrogen (secondary N) is 1. The minimum Gasteiger partial charge on any atom is -0.488 e. The molecule has 0 saturated heterocycles. The zero-order valence-corrected chi connectivity index (χ0v) is 18.0. The predicted molar refractivity (Wildman–Crippen MR) is 118 cm³/mol. The summed E-state index contributed by atoms with van der Waals surface area (Å²) in [7, 11) is 0. The second-order valence-corrected chi connectivity index (χ2v) is 7.69. The Bertz CT molecular complexity index is 1060. The van der Waals surface area contributed by atoms with Gasteiger partial charge in [-0.2, -0.15) is 0 Å². The van der Waals surface area contributed by atoms with Crippen molar-refractivity contribution in [3.63, 3.8) is 0 Å². The van der Waals surface area contributed by atoms with Gasteiger partial charge in [-0.25, -0.2) is 0 Å². The van der Waals surface area contributed by atoms with E-state index < -0.39 is 0 Å². The average Bonchev–Trinajstić information content (AvgIpc) is 2.78. The fraction of sp³-hybridized carbons (Fsp3) is 0.280. The van der Waals surface area contributed by atoms with E-state index >= 15 is 0 Å². The van der Waals surface area contributed by atoms with Crippen LogP contribution < -0.4 is 19.5 Å². The molecule has 1 aliphatic heterocycles. The molecule has 160 valence electrons. The zero-order valence-electron chi connectivity index (χ0n) is 18.0. The van der Waals surface area contributed by atoms with E-state index in [-0.39, 0.29) is 11.9 Å². The second kappa shape index (κ2) is 9.08. The largest absolute Gasteiger partial charge is 0.488 e. The van der Waals surface area contributed by atoms with Crippen LogP contribution in [0.2, 0.25) is 0 Å². The summed E-state index contributed by atoms with van der Waals surface area (Å²) in [5.41, 5.74) is 4.40. The molecule has 2 aromatic carbocycles. The van der Waals surface area contributed by atoms with Crippen molar-refractivity contribution in [2.45, 2.75) is 33.4 Å². The summed E-state index contributed by atoms with van der Waals surface area (Å²) in [4.78, 5) is 17.0. The molecule has 1 aromatic heterocycles. The van der Waals surface area contributed by atoms with Crippen LogP contribution in [-0.2, 0) is 6.61 Å². The first-order chi connectivity index (χ1) is 15.0. The summed E-state index contributed by atoms with van der Waals surface area (Å²) in [6.07, 6.45) is 3.52. The Morgan fingerprint density at radius 2 is 1.84 bits per heavy atom. The molecular formula is C25H26N2O4. The summed E-state index contributed by atoms with van der Waals surface area (Å²) in [5, 5.41) is 3.07. The molecule has 0 bridgehead atoms. The molecule has 3 aromatic rings. The first-order valence-corrected chi connectivity index (χ1v) is 10.3. The molecule has 0 aliphatic carbocycles. The Balaban J connectivity index is 1.44. The molecule has 0 saturated carbocycles. The molecule has 0 fully saturated rings. The fourth-order valence-electron chi connectivity index (χ4n) is 3.64. The van der Waals surface area contributed by atoms with Crippen LogP contribution in [0.5, 0.6) is 17.2 Å². The summed E-state index contributed by atoms with van der Waals surface area (Å²) in [6.45, 7) is 7.38. The second-order valence-electron chi connectivity index (χ2n) is 7.69. The number of hydrogen-bond acceptors (Lipinski definition) is 5. The van der Waals surface area contributed by atoms with E-state index in [4.69, 9.17) is 14.2 Å². The van der Waals surface area contributed by atoms with Crippen LogP contribution in [0.3, 0.4) is 0 Å². The van der Waals surface area contributed by atoms with Gasteiger partial charge in [0.25, 0.3) is 5.91 Å². The minimum absolute atomic E-state index is 0.132. The number of pyridine rings is 1.